The van der Waals surface area contributed by atoms with E-state index >= 15 is 0 Å². The fraction of sp³-hybridized carbons (Fsp3) is 0.375. The lowest BCUT2D eigenvalue weighted by atomic mass is 9.94. The van der Waals surface area contributed by atoms with Crippen LogP contribution in [-0.4, -0.2) is 37.5 Å². The minimum absolute atomic E-state index is 0.0701. The van der Waals surface area contributed by atoms with E-state index in [1.165, 1.54) is 18.2 Å². The van der Waals surface area contributed by atoms with E-state index in [4.69, 9.17) is 5.73 Å². The van der Waals surface area contributed by atoms with E-state index < -0.39 is 21.2 Å². The first-order valence-corrected chi connectivity index (χ1v) is 9.27. The van der Waals surface area contributed by atoms with Crippen molar-refractivity contribution in [1.29, 1.82) is 0 Å². The van der Waals surface area contributed by atoms with Gasteiger partial charge in [-0.15, -0.1) is 0 Å². The summed E-state index contributed by atoms with van der Waals surface area (Å²) in [6.07, 6.45) is 0.570. The molecule has 1 aromatic heterocycles. The molecule has 0 bridgehead atoms. The molecular formula is C16H20FN5O2S. The molecular weight excluding hydrogens is 345 g/mol. The standard InChI is InChI=1S/C16H20FN5O2S/c1-10-8-16(2,9-18)22-15(20-10)13(14(19-3)21-22)25(23,24)12-6-4-5-11(17)7-12/h4-7H,8-9,18H2,1-3H3,(H,19,21). The van der Waals surface area contributed by atoms with E-state index in [2.05, 4.69) is 15.4 Å². The Kier molecular flexibility index (Phi) is 4.16. The molecule has 25 heavy (non-hydrogen) atoms. The zero-order valence-corrected chi connectivity index (χ0v) is 15.1. The molecule has 7 nitrogen and oxygen atoms in total. The summed E-state index contributed by atoms with van der Waals surface area (Å²) in [6.45, 7) is 4.00. The van der Waals surface area contributed by atoms with Gasteiger partial charge in [0, 0.05) is 25.7 Å². The highest BCUT2D eigenvalue weighted by atomic mass is 32.2. The van der Waals surface area contributed by atoms with Gasteiger partial charge in [0.1, 0.15) is 5.82 Å². The third-order valence-electron chi connectivity index (χ3n) is 4.32. The van der Waals surface area contributed by atoms with Crippen LogP contribution in [0.5, 0.6) is 0 Å². The third kappa shape index (κ3) is 2.73. The van der Waals surface area contributed by atoms with Crippen molar-refractivity contribution in [2.75, 3.05) is 18.9 Å². The molecule has 0 amide bonds. The Morgan fingerprint density at radius 2 is 2.16 bits per heavy atom. The first-order chi connectivity index (χ1) is 11.7. The first-order valence-electron chi connectivity index (χ1n) is 7.79. The number of sulfone groups is 1. The van der Waals surface area contributed by atoms with Crippen LogP contribution >= 0.6 is 0 Å². The Hall–Kier alpha value is -2.26. The van der Waals surface area contributed by atoms with Crippen molar-refractivity contribution < 1.29 is 12.8 Å². The molecule has 0 spiro atoms. The summed E-state index contributed by atoms with van der Waals surface area (Å²) in [5, 5.41) is 7.19. The second kappa shape index (κ2) is 5.92. The largest absolute Gasteiger partial charge is 0.371 e. The highest BCUT2D eigenvalue weighted by Gasteiger charge is 2.39. The SMILES string of the molecule is CNc1nn2c(c1S(=O)(=O)c1cccc(F)c1)N=C(C)CC2(C)CN. The second-order valence-electron chi connectivity index (χ2n) is 6.35. The molecule has 3 N–H and O–H groups in total. The number of fused-ring (bicyclic) bond motifs is 1. The fourth-order valence-corrected chi connectivity index (χ4v) is 4.57. The normalized spacial score (nSPS) is 20.1. The number of hydrogen-bond donors (Lipinski definition) is 2. The summed E-state index contributed by atoms with van der Waals surface area (Å²) in [4.78, 5) is 4.20. The van der Waals surface area contributed by atoms with Crippen LogP contribution in [0.25, 0.3) is 0 Å². The lowest BCUT2D eigenvalue weighted by molar-refractivity contribution is 0.304. The van der Waals surface area contributed by atoms with E-state index in [0.29, 0.717) is 6.42 Å². The van der Waals surface area contributed by atoms with Gasteiger partial charge in [-0.25, -0.2) is 22.5 Å². The van der Waals surface area contributed by atoms with Crippen molar-refractivity contribution in [3.8, 4) is 0 Å². The van der Waals surface area contributed by atoms with E-state index in [9.17, 15) is 12.8 Å². The van der Waals surface area contributed by atoms with Gasteiger partial charge in [0.25, 0.3) is 0 Å². The van der Waals surface area contributed by atoms with Crippen LogP contribution in [-0.2, 0) is 15.4 Å². The molecule has 2 heterocycles. The molecule has 0 radical (unpaired) electrons. The molecule has 0 fully saturated rings. The topological polar surface area (TPSA) is 102 Å². The predicted molar refractivity (Wildman–Crippen MR) is 93.7 cm³/mol. The molecule has 3 rings (SSSR count). The van der Waals surface area contributed by atoms with Crippen LogP contribution in [0.3, 0.4) is 0 Å². The molecule has 1 atom stereocenters. The number of rotatable bonds is 4. The van der Waals surface area contributed by atoms with Gasteiger partial charge in [0.05, 0.1) is 10.4 Å². The molecule has 9 heteroatoms. The van der Waals surface area contributed by atoms with Gasteiger partial charge >= 0.3 is 0 Å². The number of aromatic nitrogens is 2. The van der Waals surface area contributed by atoms with Crippen molar-refractivity contribution >= 4 is 27.2 Å². The molecule has 1 aliphatic heterocycles. The maximum absolute atomic E-state index is 13.6. The fourth-order valence-electron chi connectivity index (χ4n) is 3.04. The van der Waals surface area contributed by atoms with E-state index in [1.807, 2.05) is 13.8 Å². The third-order valence-corrected chi connectivity index (χ3v) is 6.10. The Morgan fingerprint density at radius 1 is 1.44 bits per heavy atom. The van der Waals surface area contributed by atoms with E-state index in [0.717, 1.165) is 11.8 Å². The number of aliphatic imine (C=N–C) groups is 1. The van der Waals surface area contributed by atoms with Gasteiger partial charge in [0.2, 0.25) is 9.84 Å². The van der Waals surface area contributed by atoms with Gasteiger partial charge in [-0.2, -0.15) is 5.10 Å². The highest BCUT2D eigenvalue weighted by Crippen LogP contribution is 2.42. The summed E-state index contributed by atoms with van der Waals surface area (Å²) in [7, 11) is -2.44. The van der Waals surface area contributed by atoms with Crippen molar-refractivity contribution in [2.24, 2.45) is 10.7 Å². The average molecular weight is 365 g/mol. The van der Waals surface area contributed by atoms with Crippen LogP contribution in [0.2, 0.25) is 0 Å². The number of hydrogen-bond acceptors (Lipinski definition) is 6. The number of anilines is 1. The molecule has 1 aliphatic rings. The average Bonchev–Trinajstić information content (AvgIpc) is 2.94. The number of nitrogens with zero attached hydrogens (tertiary/aromatic N) is 3. The van der Waals surface area contributed by atoms with Gasteiger partial charge < -0.3 is 11.1 Å². The Bertz CT molecular complexity index is 967. The summed E-state index contributed by atoms with van der Waals surface area (Å²) < 4.78 is 41.4. The summed E-state index contributed by atoms with van der Waals surface area (Å²) in [5.41, 5.74) is 6.10. The number of nitrogens with two attached hydrogens (primary N) is 1. The van der Waals surface area contributed by atoms with Crippen LogP contribution in [0.4, 0.5) is 16.0 Å². The van der Waals surface area contributed by atoms with Crippen LogP contribution < -0.4 is 11.1 Å². The lowest BCUT2D eigenvalue weighted by Crippen LogP contribution is -2.42. The van der Waals surface area contributed by atoms with E-state index in [-0.39, 0.29) is 28.0 Å². The first kappa shape index (κ1) is 17.6. The van der Waals surface area contributed by atoms with Crippen molar-refractivity contribution in [3.05, 3.63) is 30.1 Å². The Labute approximate surface area is 145 Å². The van der Waals surface area contributed by atoms with Crippen LogP contribution in [0.1, 0.15) is 20.3 Å². The summed E-state index contributed by atoms with van der Waals surface area (Å²) in [6, 6.07) is 4.89. The van der Waals surface area contributed by atoms with Crippen molar-refractivity contribution in [1.82, 2.24) is 9.78 Å². The van der Waals surface area contributed by atoms with Gasteiger partial charge in [-0.3, -0.25) is 0 Å². The minimum atomic E-state index is -4.02. The van der Waals surface area contributed by atoms with Gasteiger partial charge in [0.15, 0.2) is 16.5 Å². The minimum Gasteiger partial charge on any atom is -0.371 e. The maximum atomic E-state index is 13.6. The Balaban J connectivity index is 2.32. The highest BCUT2D eigenvalue weighted by molar-refractivity contribution is 7.91. The second-order valence-corrected chi connectivity index (χ2v) is 8.24. The summed E-state index contributed by atoms with van der Waals surface area (Å²) in [5.74, 6) is -0.248. The summed E-state index contributed by atoms with van der Waals surface area (Å²) >= 11 is 0. The van der Waals surface area contributed by atoms with Crippen LogP contribution in [0.15, 0.2) is 39.0 Å². The molecule has 0 saturated carbocycles. The monoisotopic (exact) mass is 365 g/mol. The molecule has 0 aliphatic carbocycles. The number of benzene rings is 1. The maximum Gasteiger partial charge on any atom is 0.214 e. The predicted octanol–water partition coefficient (Wildman–Crippen LogP) is 2.07. The number of nitrogens with one attached hydrogen (secondary N) is 1. The number of halogens is 1. The molecule has 2 aromatic rings. The zero-order chi connectivity index (χ0) is 18.4. The van der Waals surface area contributed by atoms with Crippen LogP contribution in [0, 0.1) is 5.82 Å². The van der Waals surface area contributed by atoms with Crippen molar-refractivity contribution in [2.45, 2.75) is 35.6 Å². The molecule has 0 saturated heterocycles. The zero-order valence-electron chi connectivity index (χ0n) is 14.2. The molecule has 1 aromatic carbocycles. The lowest BCUT2D eigenvalue weighted by Gasteiger charge is -2.32. The molecule has 134 valence electrons. The van der Waals surface area contributed by atoms with Gasteiger partial charge in [-0.1, -0.05) is 6.07 Å². The van der Waals surface area contributed by atoms with Gasteiger partial charge in [-0.05, 0) is 32.0 Å². The quantitative estimate of drug-likeness (QED) is 0.863. The van der Waals surface area contributed by atoms with Crippen molar-refractivity contribution in [3.63, 3.8) is 0 Å². The Morgan fingerprint density at radius 3 is 2.76 bits per heavy atom. The smallest absolute Gasteiger partial charge is 0.214 e. The molecule has 1 unspecified atom stereocenters. The van der Waals surface area contributed by atoms with E-state index in [1.54, 1.807) is 11.7 Å².